The van der Waals surface area contributed by atoms with Crippen LogP contribution in [-0.4, -0.2) is 30.1 Å². The summed E-state index contributed by atoms with van der Waals surface area (Å²) >= 11 is 0. The van der Waals surface area contributed by atoms with Crippen LogP contribution in [0.3, 0.4) is 0 Å². The number of rotatable bonds is 4. The molecule has 126 valence electrons. The zero-order chi connectivity index (χ0) is 17.1. The first kappa shape index (κ1) is 16.7. The van der Waals surface area contributed by atoms with Gasteiger partial charge in [-0.2, -0.15) is 0 Å². The van der Waals surface area contributed by atoms with E-state index in [1.165, 1.54) is 22.3 Å². The summed E-state index contributed by atoms with van der Waals surface area (Å²) in [7, 11) is 4.17. The number of nitrogens with one attached hydrogen (secondary N) is 1. The molecule has 4 nitrogen and oxygen atoms in total. The molecule has 0 bridgehead atoms. The largest absolute Gasteiger partial charge is 0.305 e. The number of aryl methyl sites for hydroxylation is 1. The number of nitrogens with zero attached hydrogens (tertiary/aromatic N) is 1. The SMILES string of the molecule is CN(C)Cc1cccc(C2CCc3cc(C(=O)NO)ccc3C2)c1. The predicted octanol–water partition coefficient (Wildman–Crippen LogP) is 3.14. The second-order valence-corrected chi connectivity index (χ2v) is 6.85. The predicted molar refractivity (Wildman–Crippen MR) is 94.3 cm³/mol. The molecule has 3 rings (SSSR count). The summed E-state index contributed by atoms with van der Waals surface area (Å²) in [5.41, 5.74) is 7.49. The molecule has 1 aliphatic carbocycles. The zero-order valence-corrected chi connectivity index (χ0v) is 14.2. The van der Waals surface area contributed by atoms with E-state index in [4.69, 9.17) is 5.21 Å². The first-order valence-corrected chi connectivity index (χ1v) is 8.36. The molecule has 0 aromatic heterocycles. The van der Waals surface area contributed by atoms with Crippen molar-refractivity contribution in [1.82, 2.24) is 10.4 Å². The van der Waals surface area contributed by atoms with E-state index in [2.05, 4.69) is 43.3 Å². The van der Waals surface area contributed by atoms with Gasteiger partial charge in [0.05, 0.1) is 0 Å². The van der Waals surface area contributed by atoms with Crippen molar-refractivity contribution in [1.29, 1.82) is 0 Å². The van der Waals surface area contributed by atoms with Crippen LogP contribution in [0.2, 0.25) is 0 Å². The van der Waals surface area contributed by atoms with Gasteiger partial charge in [-0.15, -0.1) is 0 Å². The van der Waals surface area contributed by atoms with Crippen LogP contribution in [-0.2, 0) is 19.4 Å². The highest BCUT2D eigenvalue weighted by Crippen LogP contribution is 2.33. The Morgan fingerprint density at radius 2 is 2.04 bits per heavy atom. The van der Waals surface area contributed by atoms with Crippen molar-refractivity contribution in [2.24, 2.45) is 0 Å². The smallest absolute Gasteiger partial charge is 0.274 e. The number of amides is 1. The minimum Gasteiger partial charge on any atom is -0.305 e. The molecular weight excluding hydrogens is 300 g/mol. The van der Waals surface area contributed by atoms with Crippen molar-refractivity contribution in [3.05, 3.63) is 70.3 Å². The molecule has 2 N–H and O–H groups in total. The quantitative estimate of drug-likeness (QED) is 0.671. The first-order valence-electron chi connectivity index (χ1n) is 8.36. The van der Waals surface area contributed by atoms with Crippen molar-refractivity contribution in [2.45, 2.75) is 31.7 Å². The Kier molecular flexibility index (Phi) is 4.97. The van der Waals surface area contributed by atoms with Gasteiger partial charge < -0.3 is 4.90 Å². The summed E-state index contributed by atoms with van der Waals surface area (Å²) in [6.07, 6.45) is 3.05. The molecule has 0 aliphatic heterocycles. The summed E-state index contributed by atoms with van der Waals surface area (Å²) in [5.74, 6) is 0.0773. The van der Waals surface area contributed by atoms with Crippen LogP contribution in [0.1, 0.15) is 45.0 Å². The Bertz CT molecular complexity index is 740. The van der Waals surface area contributed by atoms with E-state index in [0.29, 0.717) is 11.5 Å². The van der Waals surface area contributed by atoms with E-state index < -0.39 is 5.91 Å². The number of hydrogen-bond acceptors (Lipinski definition) is 3. The molecule has 2 aromatic rings. The van der Waals surface area contributed by atoms with Gasteiger partial charge >= 0.3 is 0 Å². The second-order valence-electron chi connectivity index (χ2n) is 6.85. The van der Waals surface area contributed by atoms with Crippen molar-refractivity contribution in [3.63, 3.8) is 0 Å². The lowest BCUT2D eigenvalue weighted by Crippen LogP contribution is -2.20. The maximum absolute atomic E-state index is 11.5. The summed E-state index contributed by atoms with van der Waals surface area (Å²) in [5, 5.41) is 8.77. The monoisotopic (exact) mass is 324 g/mol. The fourth-order valence-electron chi connectivity index (χ4n) is 3.56. The third kappa shape index (κ3) is 3.66. The number of hydroxylamine groups is 1. The summed E-state index contributed by atoms with van der Waals surface area (Å²) in [6.45, 7) is 0.955. The van der Waals surface area contributed by atoms with Gasteiger partial charge in [-0.05, 0) is 73.7 Å². The van der Waals surface area contributed by atoms with E-state index in [-0.39, 0.29) is 0 Å². The van der Waals surface area contributed by atoms with E-state index in [9.17, 15) is 4.79 Å². The molecule has 2 aromatic carbocycles. The number of fused-ring (bicyclic) bond motifs is 1. The lowest BCUT2D eigenvalue weighted by molar-refractivity contribution is 0.0706. The fourth-order valence-corrected chi connectivity index (χ4v) is 3.56. The second kappa shape index (κ2) is 7.16. The minimum absolute atomic E-state index is 0.448. The molecule has 24 heavy (non-hydrogen) atoms. The molecule has 1 unspecified atom stereocenters. The van der Waals surface area contributed by atoms with Gasteiger partial charge in [-0.3, -0.25) is 10.0 Å². The molecule has 1 atom stereocenters. The summed E-state index contributed by atoms with van der Waals surface area (Å²) in [6, 6.07) is 14.6. The van der Waals surface area contributed by atoms with Gasteiger partial charge in [-0.1, -0.05) is 30.3 Å². The van der Waals surface area contributed by atoms with Gasteiger partial charge in [0.2, 0.25) is 0 Å². The average Bonchev–Trinajstić information content (AvgIpc) is 2.59. The lowest BCUT2D eigenvalue weighted by atomic mass is 9.79. The highest BCUT2D eigenvalue weighted by molar-refractivity contribution is 5.93. The van der Waals surface area contributed by atoms with Crippen LogP contribution < -0.4 is 5.48 Å². The Hall–Kier alpha value is -2.17. The number of benzene rings is 2. The molecule has 0 spiro atoms. The molecular formula is C20H24N2O2. The van der Waals surface area contributed by atoms with Crippen LogP contribution in [0.15, 0.2) is 42.5 Å². The van der Waals surface area contributed by atoms with E-state index in [1.807, 2.05) is 12.1 Å². The van der Waals surface area contributed by atoms with Gasteiger partial charge in [0.25, 0.3) is 5.91 Å². The van der Waals surface area contributed by atoms with Gasteiger partial charge in [0.15, 0.2) is 0 Å². The first-order chi connectivity index (χ1) is 11.6. The topological polar surface area (TPSA) is 52.6 Å². The van der Waals surface area contributed by atoms with Crippen molar-refractivity contribution in [3.8, 4) is 0 Å². The highest BCUT2D eigenvalue weighted by Gasteiger charge is 2.21. The van der Waals surface area contributed by atoms with Crippen LogP contribution in [0.25, 0.3) is 0 Å². The van der Waals surface area contributed by atoms with Crippen molar-refractivity contribution >= 4 is 5.91 Å². The summed E-state index contributed by atoms with van der Waals surface area (Å²) in [4.78, 5) is 13.7. The van der Waals surface area contributed by atoms with Gasteiger partial charge in [0.1, 0.15) is 0 Å². The zero-order valence-electron chi connectivity index (χ0n) is 14.2. The van der Waals surface area contributed by atoms with Gasteiger partial charge in [-0.25, -0.2) is 5.48 Å². The molecule has 0 saturated carbocycles. The Balaban J connectivity index is 1.79. The highest BCUT2D eigenvalue weighted by atomic mass is 16.5. The minimum atomic E-state index is -0.448. The third-order valence-electron chi connectivity index (χ3n) is 4.72. The van der Waals surface area contributed by atoms with Crippen molar-refractivity contribution < 1.29 is 10.0 Å². The maximum atomic E-state index is 11.5. The Morgan fingerprint density at radius 3 is 2.79 bits per heavy atom. The molecule has 0 fully saturated rings. The normalized spacial score (nSPS) is 16.8. The summed E-state index contributed by atoms with van der Waals surface area (Å²) < 4.78 is 0. The van der Waals surface area contributed by atoms with Crippen LogP contribution in [0.4, 0.5) is 0 Å². The third-order valence-corrected chi connectivity index (χ3v) is 4.72. The van der Waals surface area contributed by atoms with E-state index in [1.54, 1.807) is 11.5 Å². The van der Waals surface area contributed by atoms with Crippen LogP contribution in [0, 0.1) is 0 Å². The number of hydrogen-bond donors (Lipinski definition) is 2. The average molecular weight is 324 g/mol. The van der Waals surface area contributed by atoms with Crippen LogP contribution >= 0.6 is 0 Å². The molecule has 0 saturated heterocycles. The Morgan fingerprint density at radius 1 is 1.21 bits per heavy atom. The Labute approximate surface area is 143 Å². The van der Waals surface area contributed by atoms with Crippen molar-refractivity contribution in [2.75, 3.05) is 14.1 Å². The van der Waals surface area contributed by atoms with Crippen LogP contribution in [0.5, 0.6) is 0 Å². The lowest BCUT2D eigenvalue weighted by Gasteiger charge is -2.26. The molecule has 0 heterocycles. The van der Waals surface area contributed by atoms with E-state index in [0.717, 1.165) is 25.8 Å². The number of carbonyl (C=O) groups excluding carboxylic acids is 1. The standard InChI is InChI=1S/C20H24N2O2/c1-22(2)13-14-4-3-5-15(10-14)16-6-7-18-12-19(20(23)21-24)9-8-17(18)11-16/h3-5,8-10,12,16,24H,6-7,11,13H2,1-2H3,(H,21,23). The fraction of sp³-hybridized carbons (Fsp3) is 0.350. The maximum Gasteiger partial charge on any atom is 0.274 e. The van der Waals surface area contributed by atoms with E-state index >= 15 is 0 Å². The molecule has 4 heteroatoms. The molecule has 1 aliphatic rings. The molecule has 1 amide bonds. The van der Waals surface area contributed by atoms with Gasteiger partial charge in [0, 0.05) is 12.1 Å². The number of carbonyl (C=O) groups is 1. The molecule has 0 radical (unpaired) electrons.